The molecule has 1 saturated heterocycles. The molecular weight excluding hydrogens is 220 g/mol. The van der Waals surface area contributed by atoms with E-state index in [0.29, 0.717) is 19.7 Å². The number of hydrogen-bond acceptors (Lipinski definition) is 3. The van der Waals surface area contributed by atoms with Gasteiger partial charge in [0, 0.05) is 12.2 Å². The maximum absolute atomic E-state index is 11.9. The molecule has 92 valence electrons. The minimum Gasteiger partial charge on any atom is -0.394 e. The second kappa shape index (κ2) is 5.65. The number of amides is 2. The van der Waals surface area contributed by atoms with Gasteiger partial charge in [0.1, 0.15) is 0 Å². The third-order valence-electron chi connectivity index (χ3n) is 2.65. The number of anilines is 1. The number of carbonyl (C=O) groups excluding carboxylic acids is 1. The van der Waals surface area contributed by atoms with Crippen LogP contribution < -0.4 is 5.32 Å². The molecule has 5 nitrogen and oxygen atoms in total. The van der Waals surface area contributed by atoms with Crippen LogP contribution in [0.5, 0.6) is 0 Å². The number of nitrogens with one attached hydrogen (secondary N) is 1. The van der Waals surface area contributed by atoms with Crippen LogP contribution in [0.1, 0.15) is 0 Å². The molecule has 1 fully saturated rings. The zero-order valence-electron chi connectivity index (χ0n) is 9.50. The van der Waals surface area contributed by atoms with E-state index < -0.39 is 0 Å². The number of morpholine rings is 1. The van der Waals surface area contributed by atoms with Gasteiger partial charge in [0.05, 0.1) is 25.9 Å². The molecule has 0 saturated carbocycles. The zero-order chi connectivity index (χ0) is 12.1. The second-order valence-corrected chi connectivity index (χ2v) is 3.92. The van der Waals surface area contributed by atoms with Gasteiger partial charge >= 0.3 is 6.03 Å². The number of nitrogens with zero attached hydrogens (tertiary/aromatic N) is 1. The van der Waals surface area contributed by atoms with Gasteiger partial charge < -0.3 is 20.1 Å². The van der Waals surface area contributed by atoms with Crippen LogP contribution in [0.15, 0.2) is 30.3 Å². The lowest BCUT2D eigenvalue weighted by Gasteiger charge is -2.32. The van der Waals surface area contributed by atoms with Crippen molar-refractivity contribution < 1.29 is 14.6 Å². The predicted octanol–water partition coefficient (Wildman–Crippen LogP) is 0.912. The van der Waals surface area contributed by atoms with Gasteiger partial charge in [-0.1, -0.05) is 18.2 Å². The van der Waals surface area contributed by atoms with E-state index in [9.17, 15) is 4.79 Å². The Hall–Kier alpha value is -1.59. The highest BCUT2D eigenvalue weighted by atomic mass is 16.5. The van der Waals surface area contributed by atoms with Crippen molar-refractivity contribution >= 4 is 11.7 Å². The summed E-state index contributed by atoms with van der Waals surface area (Å²) in [5, 5.41) is 11.8. The monoisotopic (exact) mass is 236 g/mol. The molecule has 1 aromatic rings. The molecule has 1 aromatic carbocycles. The molecule has 1 aliphatic rings. The summed E-state index contributed by atoms with van der Waals surface area (Å²) in [7, 11) is 0. The lowest BCUT2D eigenvalue weighted by atomic mass is 10.3. The van der Waals surface area contributed by atoms with E-state index in [0.717, 1.165) is 5.69 Å². The summed E-state index contributed by atoms with van der Waals surface area (Å²) >= 11 is 0. The predicted molar refractivity (Wildman–Crippen MR) is 63.9 cm³/mol. The largest absolute Gasteiger partial charge is 0.394 e. The summed E-state index contributed by atoms with van der Waals surface area (Å²) in [6.45, 7) is 1.38. The van der Waals surface area contributed by atoms with E-state index >= 15 is 0 Å². The fraction of sp³-hybridized carbons (Fsp3) is 0.417. The van der Waals surface area contributed by atoms with Crippen LogP contribution in [-0.2, 0) is 4.74 Å². The quantitative estimate of drug-likeness (QED) is 0.802. The summed E-state index contributed by atoms with van der Waals surface area (Å²) in [5.74, 6) is 0. The number of rotatable bonds is 2. The van der Waals surface area contributed by atoms with Crippen molar-refractivity contribution in [1.82, 2.24) is 4.90 Å². The number of aliphatic hydroxyl groups is 1. The van der Waals surface area contributed by atoms with Gasteiger partial charge in [-0.2, -0.15) is 0 Å². The van der Waals surface area contributed by atoms with Crippen LogP contribution in [0.2, 0.25) is 0 Å². The van der Waals surface area contributed by atoms with E-state index in [4.69, 9.17) is 9.84 Å². The minimum absolute atomic E-state index is 0.0604. The summed E-state index contributed by atoms with van der Waals surface area (Å²) < 4.78 is 5.29. The first-order valence-electron chi connectivity index (χ1n) is 5.63. The third-order valence-corrected chi connectivity index (χ3v) is 2.65. The molecular formula is C12H16N2O3. The number of para-hydroxylation sites is 1. The summed E-state index contributed by atoms with van der Waals surface area (Å²) in [6.07, 6.45) is -0.273. The van der Waals surface area contributed by atoms with E-state index in [1.54, 1.807) is 4.90 Å². The Kier molecular flexibility index (Phi) is 3.95. The van der Waals surface area contributed by atoms with Crippen LogP contribution >= 0.6 is 0 Å². The van der Waals surface area contributed by atoms with Crippen LogP contribution in [-0.4, -0.2) is 48.4 Å². The van der Waals surface area contributed by atoms with Gasteiger partial charge in [0.2, 0.25) is 0 Å². The van der Waals surface area contributed by atoms with Crippen LogP contribution in [0.4, 0.5) is 10.5 Å². The first-order chi connectivity index (χ1) is 8.29. The number of hydrogen-bond donors (Lipinski definition) is 2. The molecule has 1 aliphatic heterocycles. The lowest BCUT2D eigenvalue weighted by molar-refractivity contribution is -0.0388. The highest BCUT2D eigenvalue weighted by molar-refractivity contribution is 5.89. The van der Waals surface area contributed by atoms with Crippen LogP contribution in [0, 0.1) is 0 Å². The van der Waals surface area contributed by atoms with Gasteiger partial charge in [-0.05, 0) is 12.1 Å². The zero-order valence-corrected chi connectivity index (χ0v) is 9.50. The molecule has 0 aromatic heterocycles. The molecule has 0 aliphatic carbocycles. The van der Waals surface area contributed by atoms with E-state index in [2.05, 4.69) is 5.32 Å². The normalized spacial score (nSPS) is 20.1. The minimum atomic E-state index is -0.273. The number of carbonyl (C=O) groups is 1. The Morgan fingerprint density at radius 1 is 1.47 bits per heavy atom. The van der Waals surface area contributed by atoms with Crippen molar-refractivity contribution in [2.75, 3.05) is 31.6 Å². The highest BCUT2D eigenvalue weighted by Gasteiger charge is 2.23. The first kappa shape index (κ1) is 11.9. The standard InChI is InChI=1S/C12H16N2O3/c15-9-11-8-14(6-7-17-11)12(16)13-10-4-2-1-3-5-10/h1-5,11,15H,6-9H2,(H,13,16). The maximum Gasteiger partial charge on any atom is 0.322 e. The molecule has 1 unspecified atom stereocenters. The van der Waals surface area contributed by atoms with Gasteiger partial charge in [0.15, 0.2) is 0 Å². The Labute approximate surface area is 100.0 Å². The van der Waals surface area contributed by atoms with Gasteiger partial charge in [-0.3, -0.25) is 0 Å². The average Bonchev–Trinajstić information content (AvgIpc) is 2.40. The molecule has 2 N–H and O–H groups in total. The Morgan fingerprint density at radius 2 is 2.24 bits per heavy atom. The van der Waals surface area contributed by atoms with E-state index in [1.165, 1.54) is 0 Å². The topological polar surface area (TPSA) is 61.8 Å². The van der Waals surface area contributed by atoms with Crippen LogP contribution in [0.3, 0.4) is 0 Å². The van der Waals surface area contributed by atoms with Gasteiger partial charge in [-0.15, -0.1) is 0 Å². The molecule has 5 heteroatoms. The van der Waals surface area contributed by atoms with Crippen molar-refractivity contribution in [2.24, 2.45) is 0 Å². The van der Waals surface area contributed by atoms with Crippen molar-refractivity contribution in [1.29, 1.82) is 0 Å². The molecule has 17 heavy (non-hydrogen) atoms. The van der Waals surface area contributed by atoms with Gasteiger partial charge in [0.25, 0.3) is 0 Å². The van der Waals surface area contributed by atoms with E-state index in [-0.39, 0.29) is 18.7 Å². The summed E-state index contributed by atoms with van der Waals surface area (Å²) in [5.41, 5.74) is 0.768. The Morgan fingerprint density at radius 3 is 2.94 bits per heavy atom. The van der Waals surface area contributed by atoms with Crippen molar-refractivity contribution in [3.63, 3.8) is 0 Å². The highest BCUT2D eigenvalue weighted by Crippen LogP contribution is 2.09. The maximum atomic E-state index is 11.9. The molecule has 2 rings (SSSR count). The Bertz CT molecular complexity index is 369. The fourth-order valence-electron chi connectivity index (χ4n) is 1.74. The van der Waals surface area contributed by atoms with Crippen molar-refractivity contribution in [3.05, 3.63) is 30.3 Å². The van der Waals surface area contributed by atoms with Crippen molar-refractivity contribution in [3.8, 4) is 0 Å². The third kappa shape index (κ3) is 3.18. The molecule has 1 atom stereocenters. The number of urea groups is 1. The molecule has 0 bridgehead atoms. The summed E-state index contributed by atoms with van der Waals surface area (Å²) in [6, 6.07) is 9.14. The summed E-state index contributed by atoms with van der Waals surface area (Å²) in [4.78, 5) is 13.6. The SMILES string of the molecule is O=C(Nc1ccccc1)N1CCOC(CO)C1. The fourth-order valence-corrected chi connectivity index (χ4v) is 1.74. The molecule has 2 amide bonds. The number of benzene rings is 1. The second-order valence-electron chi connectivity index (χ2n) is 3.92. The van der Waals surface area contributed by atoms with Gasteiger partial charge in [-0.25, -0.2) is 4.79 Å². The number of aliphatic hydroxyl groups excluding tert-OH is 1. The first-order valence-corrected chi connectivity index (χ1v) is 5.63. The Balaban J connectivity index is 1.91. The molecule has 0 spiro atoms. The molecule has 1 heterocycles. The van der Waals surface area contributed by atoms with E-state index in [1.807, 2.05) is 30.3 Å². The number of ether oxygens (including phenoxy) is 1. The smallest absolute Gasteiger partial charge is 0.322 e. The molecule has 0 radical (unpaired) electrons. The lowest BCUT2D eigenvalue weighted by Crippen LogP contribution is -2.48. The van der Waals surface area contributed by atoms with Crippen molar-refractivity contribution in [2.45, 2.75) is 6.10 Å². The average molecular weight is 236 g/mol. The van der Waals surface area contributed by atoms with Crippen LogP contribution in [0.25, 0.3) is 0 Å².